The molecule has 0 fully saturated rings. The van der Waals surface area contributed by atoms with Crippen LogP contribution in [-0.4, -0.2) is 19.5 Å². The zero-order chi connectivity index (χ0) is 33.0. The molecule has 0 saturated carbocycles. The highest BCUT2D eigenvalue weighted by Gasteiger charge is 2.16. The lowest BCUT2D eigenvalue weighted by Crippen LogP contribution is -2.00. The zero-order valence-corrected chi connectivity index (χ0v) is 27.7. The quantitative estimate of drug-likeness (QED) is 0.185. The number of thiophene rings is 1. The summed E-state index contributed by atoms with van der Waals surface area (Å²) in [5, 5.41) is 4.94. The lowest BCUT2D eigenvalue weighted by Gasteiger charge is -2.11. The van der Waals surface area contributed by atoms with Crippen LogP contribution in [0.2, 0.25) is 0 Å². The Kier molecular flexibility index (Phi) is 6.64. The van der Waals surface area contributed by atoms with Crippen molar-refractivity contribution in [2.45, 2.75) is 0 Å². The Balaban J connectivity index is 1.11. The van der Waals surface area contributed by atoms with E-state index < -0.39 is 0 Å². The highest BCUT2D eigenvalue weighted by molar-refractivity contribution is 7.25. The van der Waals surface area contributed by atoms with Crippen LogP contribution in [0.4, 0.5) is 0 Å². The summed E-state index contributed by atoms with van der Waals surface area (Å²) in [5.74, 6) is 1.95. The molecule has 0 radical (unpaired) electrons. The summed E-state index contributed by atoms with van der Waals surface area (Å²) < 4.78 is 4.89. The fraction of sp³-hybridized carbons (Fsp3) is 0. The first-order valence-corrected chi connectivity index (χ1v) is 17.5. The minimum absolute atomic E-state index is 0.643. The van der Waals surface area contributed by atoms with Gasteiger partial charge >= 0.3 is 0 Å². The van der Waals surface area contributed by atoms with Gasteiger partial charge < -0.3 is 4.57 Å². The fourth-order valence-electron chi connectivity index (χ4n) is 7.03. The second-order valence-electron chi connectivity index (χ2n) is 12.5. The van der Waals surface area contributed by atoms with E-state index in [-0.39, 0.29) is 0 Å². The van der Waals surface area contributed by atoms with Crippen molar-refractivity contribution in [1.29, 1.82) is 0 Å². The van der Waals surface area contributed by atoms with Crippen molar-refractivity contribution >= 4 is 53.3 Å². The number of nitrogens with zero attached hydrogens (tertiary/aromatic N) is 4. The van der Waals surface area contributed by atoms with Gasteiger partial charge in [0.15, 0.2) is 17.5 Å². The van der Waals surface area contributed by atoms with Crippen molar-refractivity contribution in [3.05, 3.63) is 170 Å². The minimum atomic E-state index is 0.643. The van der Waals surface area contributed by atoms with Gasteiger partial charge in [-0.25, -0.2) is 15.0 Å². The first kappa shape index (κ1) is 28.6. The van der Waals surface area contributed by atoms with Crippen LogP contribution in [0.5, 0.6) is 0 Å². The zero-order valence-electron chi connectivity index (χ0n) is 26.9. The highest BCUT2D eigenvalue weighted by Crippen LogP contribution is 2.37. The van der Waals surface area contributed by atoms with Crippen LogP contribution in [0.1, 0.15) is 0 Å². The van der Waals surface area contributed by atoms with E-state index in [9.17, 15) is 0 Å². The molecule has 50 heavy (non-hydrogen) atoms. The smallest absolute Gasteiger partial charge is 0.164 e. The molecule has 0 amide bonds. The van der Waals surface area contributed by atoms with E-state index in [0.717, 1.165) is 22.4 Å². The fourth-order valence-corrected chi connectivity index (χ4v) is 8.12. The summed E-state index contributed by atoms with van der Waals surface area (Å²) in [4.78, 5) is 15.1. The maximum atomic E-state index is 5.08. The van der Waals surface area contributed by atoms with Gasteiger partial charge in [0.05, 0.1) is 11.0 Å². The maximum absolute atomic E-state index is 5.08. The van der Waals surface area contributed by atoms with Crippen LogP contribution in [0.25, 0.3) is 93.0 Å². The lowest BCUT2D eigenvalue weighted by atomic mass is 10.0. The molecule has 0 unspecified atom stereocenters. The van der Waals surface area contributed by atoms with E-state index in [1.54, 1.807) is 0 Å². The third-order valence-electron chi connectivity index (χ3n) is 9.47. The molecule has 0 aliphatic rings. The molecule has 0 aliphatic carbocycles. The van der Waals surface area contributed by atoms with E-state index in [0.29, 0.717) is 17.5 Å². The summed E-state index contributed by atoms with van der Waals surface area (Å²) >= 11 is 1.81. The van der Waals surface area contributed by atoms with Crippen LogP contribution in [0, 0.1) is 0 Å². The molecule has 5 heteroatoms. The first-order valence-electron chi connectivity index (χ1n) is 16.7. The molecule has 0 saturated heterocycles. The van der Waals surface area contributed by atoms with Gasteiger partial charge in [0.2, 0.25) is 0 Å². The van der Waals surface area contributed by atoms with Gasteiger partial charge in [0.25, 0.3) is 0 Å². The van der Waals surface area contributed by atoms with Gasteiger partial charge in [-0.15, -0.1) is 11.3 Å². The molecule has 0 atom stereocenters. The summed E-state index contributed by atoms with van der Waals surface area (Å²) in [6.45, 7) is 0. The monoisotopic (exact) mass is 656 g/mol. The topological polar surface area (TPSA) is 43.6 Å². The van der Waals surface area contributed by atoms with Gasteiger partial charge in [-0.05, 0) is 71.8 Å². The van der Waals surface area contributed by atoms with Crippen molar-refractivity contribution in [1.82, 2.24) is 19.5 Å². The second kappa shape index (κ2) is 11.6. The van der Waals surface area contributed by atoms with Crippen molar-refractivity contribution in [2.24, 2.45) is 0 Å². The maximum Gasteiger partial charge on any atom is 0.164 e. The average molecular weight is 657 g/mol. The number of hydrogen-bond donors (Lipinski definition) is 0. The largest absolute Gasteiger partial charge is 0.309 e. The molecular formula is C45H28N4S. The SMILES string of the molecule is c1ccc(-c2ccc3c4ccccc4n(-c4ccc(-c5nc(-c6ccccc6)nc(-c6ccc7sc8ccccc8c7c6)n5)cc4)c3c2)cc1. The first-order chi connectivity index (χ1) is 24.8. The standard InChI is InChI=1S/C45H28N4S/c1-3-11-29(12-4-1)32-21-25-36-35-15-7-9-17-39(35)49(40(36)28-32)34-23-19-31(20-24-34)44-46-43(30-13-5-2-6-14-30)47-45(48-44)33-22-26-42-38(27-33)37-16-8-10-18-41(37)50-42/h1-28H. The number of rotatable bonds is 5. The Hall–Kier alpha value is -6.43. The Morgan fingerprint density at radius 1 is 0.340 bits per heavy atom. The number of para-hydroxylation sites is 1. The Morgan fingerprint density at radius 3 is 1.64 bits per heavy atom. The van der Waals surface area contributed by atoms with E-state index in [2.05, 4.69) is 144 Å². The van der Waals surface area contributed by atoms with Gasteiger partial charge in [0, 0.05) is 53.3 Å². The van der Waals surface area contributed by atoms with Crippen LogP contribution >= 0.6 is 11.3 Å². The number of fused-ring (bicyclic) bond motifs is 6. The molecule has 234 valence electrons. The lowest BCUT2D eigenvalue weighted by molar-refractivity contribution is 1.07. The van der Waals surface area contributed by atoms with Gasteiger partial charge in [-0.1, -0.05) is 109 Å². The molecule has 10 aromatic rings. The number of benzene rings is 7. The van der Waals surface area contributed by atoms with Gasteiger partial charge in [0.1, 0.15) is 0 Å². The predicted octanol–water partition coefficient (Wildman–Crippen LogP) is 12.0. The Bertz CT molecular complexity index is 2850. The molecule has 0 aliphatic heterocycles. The van der Waals surface area contributed by atoms with Crippen LogP contribution in [0.3, 0.4) is 0 Å². The molecule has 0 spiro atoms. The molecule has 7 aromatic carbocycles. The van der Waals surface area contributed by atoms with Crippen LogP contribution in [-0.2, 0) is 0 Å². The molecule has 3 aromatic heterocycles. The summed E-state index contributed by atoms with van der Waals surface area (Å²) in [6, 6.07) is 59.8. The molecule has 3 heterocycles. The van der Waals surface area contributed by atoms with E-state index >= 15 is 0 Å². The minimum Gasteiger partial charge on any atom is -0.309 e. The van der Waals surface area contributed by atoms with Crippen molar-refractivity contribution in [2.75, 3.05) is 0 Å². The Morgan fingerprint density at radius 2 is 0.880 bits per heavy atom. The highest BCUT2D eigenvalue weighted by atomic mass is 32.1. The van der Waals surface area contributed by atoms with E-state index in [4.69, 9.17) is 15.0 Å². The third kappa shape index (κ3) is 4.79. The average Bonchev–Trinajstić information content (AvgIpc) is 3.73. The van der Waals surface area contributed by atoms with Crippen LogP contribution in [0.15, 0.2) is 170 Å². The van der Waals surface area contributed by atoms with Crippen LogP contribution < -0.4 is 0 Å². The predicted molar refractivity (Wildman–Crippen MR) is 209 cm³/mol. The molecule has 0 bridgehead atoms. The van der Waals surface area contributed by atoms with Crippen molar-refractivity contribution in [3.8, 4) is 51.0 Å². The normalized spacial score (nSPS) is 11.6. The second-order valence-corrected chi connectivity index (χ2v) is 13.6. The van der Waals surface area contributed by atoms with E-state index in [1.165, 1.54) is 53.1 Å². The van der Waals surface area contributed by atoms with Crippen molar-refractivity contribution in [3.63, 3.8) is 0 Å². The Labute approximate surface area is 292 Å². The van der Waals surface area contributed by atoms with Crippen molar-refractivity contribution < 1.29 is 0 Å². The van der Waals surface area contributed by atoms with E-state index in [1.807, 2.05) is 41.7 Å². The third-order valence-corrected chi connectivity index (χ3v) is 10.6. The number of aromatic nitrogens is 4. The summed E-state index contributed by atoms with van der Waals surface area (Å²) in [6.07, 6.45) is 0. The molecule has 10 rings (SSSR count). The molecule has 4 nitrogen and oxygen atoms in total. The number of hydrogen-bond acceptors (Lipinski definition) is 4. The molecule has 0 N–H and O–H groups in total. The van der Waals surface area contributed by atoms with Gasteiger partial charge in [-0.3, -0.25) is 0 Å². The summed E-state index contributed by atoms with van der Waals surface area (Å²) in [5.41, 5.74) is 8.68. The van der Waals surface area contributed by atoms with Gasteiger partial charge in [-0.2, -0.15) is 0 Å². The summed E-state index contributed by atoms with van der Waals surface area (Å²) in [7, 11) is 0. The molecular weight excluding hydrogens is 629 g/mol.